The van der Waals surface area contributed by atoms with Crippen molar-refractivity contribution in [1.82, 2.24) is 20.0 Å². The van der Waals surface area contributed by atoms with Gasteiger partial charge in [-0.25, -0.2) is 0 Å². The molecule has 4 nitrogen and oxygen atoms in total. The number of fused-ring (bicyclic) bond motifs is 1. The molecular weight excluding hydrogens is 160 g/mol. The molecule has 0 fully saturated rings. The standard InChI is InChI=1S/C6H6N4S/c1-10-6-4(2-8-10)5(11)3-7-9-6/h2-3H,1H3,(H,9,11). The Morgan fingerprint density at radius 2 is 2.36 bits per heavy atom. The summed E-state index contributed by atoms with van der Waals surface area (Å²) in [6.07, 6.45) is 3.34. The van der Waals surface area contributed by atoms with Gasteiger partial charge >= 0.3 is 0 Å². The minimum Gasteiger partial charge on any atom is -0.261 e. The van der Waals surface area contributed by atoms with E-state index in [1.165, 1.54) is 0 Å². The molecule has 56 valence electrons. The fourth-order valence-corrected chi connectivity index (χ4v) is 1.17. The molecule has 0 aliphatic carbocycles. The molecule has 0 bridgehead atoms. The smallest absolute Gasteiger partial charge is 0.153 e. The molecular formula is C6H6N4S. The van der Waals surface area contributed by atoms with Crippen LogP contribution in [0.15, 0.2) is 12.4 Å². The Morgan fingerprint density at radius 3 is 3.09 bits per heavy atom. The first-order valence-corrected chi connectivity index (χ1v) is 3.55. The lowest BCUT2D eigenvalue weighted by atomic mass is 10.4. The van der Waals surface area contributed by atoms with Gasteiger partial charge in [-0.2, -0.15) is 10.2 Å². The van der Waals surface area contributed by atoms with Crippen molar-refractivity contribution in [3.8, 4) is 0 Å². The summed E-state index contributed by atoms with van der Waals surface area (Å²) < 4.78 is 2.44. The van der Waals surface area contributed by atoms with E-state index in [1.807, 2.05) is 7.05 Å². The van der Waals surface area contributed by atoms with E-state index < -0.39 is 0 Å². The molecule has 2 rings (SSSR count). The van der Waals surface area contributed by atoms with Crippen LogP contribution in [0.4, 0.5) is 0 Å². The first kappa shape index (κ1) is 6.48. The molecule has 2 heterocycles. The van der Waals surface area contributed by atoms with Gasteiger partial charge in [-0.1, -0.05) is 12.2 Å². The fourth-order valence-electron chi connectivity index (χ4n) is 0.972. The molecule has 0 spiro atoms. The van der Waals surface area contributed by atoms with Gasteiger partial charge in [-0.15, -0.1) is 0 Å². The molecule has 2 aromatic heterocycles. The fraction of sp³-hybridized carbons (Fsp3) is 0.167. The van der Waals surface area contributed by atoms with Crippen molar-refractivity contribution in [1.29, 1.82) is 0 Å². The Hall–Kier alpha value is -1.23. The van der Waals surface area contributed by atoms with Gasteiger partial charge in [0.1, 0.15) is 0 Å². The van der Waals surface area contributed by atoms with Crippen molar-refractivity contribution in [3.63, 3.8) is 0 Å². The van der Waals surface area contributed by atoms with Crippen LogP contribution in [-0.2, 0) is 7.05 Å². The van der Waals surface area contributed by atoms with Crippen LogP contribution in [0, 0.1) is 4.51 Å². The van der Waals surface area contributed by atoms with Crippen LogP contribution >= 0.6 is 12.2 Å². The Labute approximate surface area is 67.9 Å². The van der Waals surface area contributed by atoms with Crippen molar-refractivity contribution in [2.24, 2.45) is 7.05 Å². The van der Waals surface area contributed by atoms with E-state index in [0.29, 0.717) is 0 Å². The largest absolute Gasteiger partial charge is 0.261 e. The Morgan fingerprint density at radius 1 is 1.55 bits per heavy atom. The lowest BCUT2D eigenvalue weighted by Crippen LogP contribution is -1.92. The van der Waals surface area contributed by atoms with Crippen molar-refractivity contribution >= 4 is 23.3 Å². The minimum absolute atomic E-state index is 0.729. The number of hydrogen-bond acceptors (Lipinski definition) is 3. The van der Waals surface area contributed by atoms with E-state index in [2.05, 4.69) is 15.3 Å². The zero-order valence-electron chi connectivity index (χ0n) is 5.90. The second-order valence-electron chi connectivity index (χ2n) is 2.26. The summed E-state index contributed by atoms with van der Waals surface area (Å²) in [4.78, 5) is 0. The molecule has 11 heavy (non-hydrogen) atoms. The summed E-state index contributed by atoms with van der Waals surface area (Å²) in [6.45, 7) is 0. The molecule has 0 atom stereocenters. The average molecular weight is 166 g/mol. The van der Waals surface area contributed by atoms with Gasteiger partial charge in [0.05, 0.1) is 22.3 Å². The topological polar surface area (TPSA) is 46.5 Å². The number of rotatable bonds is 0. The summed E-state index contributed by atoms with van der Waals surface area (Å²) in [7, 11) is 1.84. The summed E-state index contributed by atoms with van der Waals surface area (Å²) in [5, 5.41) is 11.7. The van der Waals surface area contributed by atoms with Gasteiger partial charge in [0.15, 0.2) is 5.65 Å². The number of aromatic amines is 1. The summed E-state index contributed by atoms with van der Waals surface area (Å²) in [6, 6.07) is 0. The zero-order valence-corrected chi connectivity index (χ0v) is 6.72. The van der Waals surface area contributed by atoms with E-state index >= 15 is 0 Å². The van der Waals surface area contributed by atoms with Crippen molar-refractivity contribution in [3.05, 3.63) is 16.9 Å². The number of aromatic nitrogens is 4. The zero-order chi connectivity index (χ0) is 7.84. The maximum absolute atomic E-state index is 5.03. The molecule has 1 N–H and O–H groups in total. The van der Waals surface area contributed by atoms with Crippen LogP contribution in [0.25, 0.3) is 11.0 Å². The molecule has 5 heteroatoms. The third-order valence-electron chi connectivity index (χ3n) is 1.56. The number of nitrogens with one attached hydrogen (secondary N) is 1. The third-order valence-corrected chi connectivity index (χ3v) is 1.88. The van der Waals surface area contributed by atoms with E-state index in [4.69, 9.17) is 12.2 Å². The average Bonchev–Trinajstić information content (AvgIpc) is 2.35. The summed E-state index contributed by atoms with van der Waals surface area (Å²) in [5.74, 6) is 0. The number of aryl methyl sites for hydroxylation is 1. The molecule has 0 aliphatic rings. The monoisotopic (exact) mass is 166 g/mol. The molecule has 0 aromatic carbocycles. The van der Waals surface area contributed by atoms with Gasteiger partial charge < -0.3 is 0 Å². The maximum atomic E-state index is 5.03. The molecule has 2 aromatic rings. The molecule has 0 radical (unpaired) electrons. The minimum atomic E-state index is 0.729. The van der Waals surface area contributed by atoms with Crippen molar-refractivity contribution in [2.45, 2.75) is 0 Å². The second kappa shape index (κ2) is 2.13. The van der Waals surface area contributed by atoms with E-state index in [1.54, 1.807) is 17.1 Å². The quantitative estimate of drug-likeness (QED) is 0.594. The number of hydrogen-bond donors (Lipinski definition) is 1. The Kier molecular flexibility index (Phi) is 1.25. The number of nitrogens with zero attached hydrogens (tertiary/aromatic N) is 3. The highest BCUT2D eigenvalue weighted by Gasteiger charge is 1.98. The highest BCUT2D eigenvalue weighted by atomic mass is 32.1. The van der Waals surface area contributed by atoms with Gasteiger partial charge in [-0.3, -0.25) is 9.78 Å². The van der Waals surface area contributed by atoms with Gasteiger partial charge in [0.25, 0.3) is 0 Å². The Balaban J connectivity index is 3.06. The highest BCUT2D eigenvalue weighted by Crippen LogP contribution is 2.08. The van der Waals surface area contributed by atoms with Crippen LogP contribution in [0.1, 0.15) is 0 Å². The molecule has 0 amide bonds. The first-order valence-electron chi connectivity index (χ1n) is 3.14. The molecule has 0 saturated heterocycles. The lowest BCUT2D eigenvalue weighted by Gasteiger charge is -1.91. The van der Waals surface area contributed by atoms with Crippen LogP contribution < -0.4 is 0 Å². The van der Waals surface area contributed by atoms with Crippen molar-refractivity contribution < 1.29 is 0 Å². The molecule has 0 saturated carbocycles. The normalized spacial score (nSPS) is 10.6. The van der Waals surface area contributed by atoms with Crippen LogP contribution in [0.5, 0.6) is 0 Å². The third kappa shape index (κ3) is 0.848. The predicted octanol–water partition coefficient (Wildman–Crippen LogP) is 1.03. The van der Waals surface area contributed by atoms with Gasteiger partial charge in [0.2, 0.25) is 0 Å². The van der Waals surface area contributed by atoms with E-state index in [0.717, 1.165) is 15.5 Å². The van der Waals surface area contributed by atoms with Crippen LogP contribution in [0.3, 0.4) is 0 Å². The summed E-state index contributed by atoms with van der Waals surface area (Å²) in [5.41, 5.74) is 0.859. The SMILES string of the molecule is Cn1ncc2c(=S)cn[nH]c21. The van der Waals surface area contributed by atoms with Gasteiger partial charge in [-0.05, 0) is 0 Å². The summed E-state index contributed by atoms with van der Waals surface area (Å²) >= 11 is 5.03. The number of H-pyrrole nitrogens is 1. The van der Waals surface area contributed by atoms with E-state index in [9.17, 15) is 0 Å². The van der Waals surface area contributed by atoms with Crippen LogP contribution in [0.2, 0.25) is 0 Å². The Bertz CT molecular complexity index is 441. The predicted molar refractivity (Wildman–Crippen MR) is 43.7 cm³/mol. The molecule has 0 unspecified atom stereocenters. The molecule has 0 aliphatic heterocycles. The van der Waals surface area contributed by atoms with Crippen molar-refractivity contribution in [2.75, 3.05) is 0 Å². The van der Waals surface area contributed by atoms with E-state index in [-0.39, 0.29) is 0 Å². The highest BCUT2D eigenvalue weighted by molar-refractivity contribution is 7.71. The van der Waals surface area contributed by atoms with Gasteiger partial charge in [0, 0.05) is 7.05 Å². The lowest BCUT2D eigenvalue weighted by molar-refractivity contribution is 0.777. The maximum Gasteiger partial charge on any atom is 0.153 e. The second-order valence-corrected chi connectivity index (χ2v) is 2.70. The van der Waals surface area contributed by atoms with Crippen LogP contribution in [-0.4, -0.2) is 20.0 Å². The first-order chi connectivity index (χ1) is 5.29.